The average molecular weight is 296 g/mol. The van der Waals surface area contributed by atoms with Crippen molar-refractivity contribution in [3.63, 3.8) is 0 Å². The molecule has 3 heteroatoms. The van der Waals surface area contributed by atoms with Gasteiger partial charge >= 0.3 is 99.7 Å². The molecule has 1 nitrogen and oxygen atoms in total. The average Bonchev–Trinajstić information content (AvgIpc) is 2.68. The fraction of sp³-hybridized carbons (Fsp3) is 1.00. The third-order valence-electron chi connectivity index (χ3n) is 5.55. The molecule has 1 saturated heterocycles. The predicted octanol–water partition coefficient (Wildman–Crippen LogP) is 3.91. The quantitative estimate of drug-likeness (QED) is 0.666. The van der Waals surface area contributed by atoms with Gasteiger partial charge in [0.1, 0.15) is 0 Å². The summed E-state index contributed by atoms with van der Waals surface area (Å²) in [5.41, 5.74) is 0.955. The van der Waals surface area contributed by atoms with Crippen molar-refractivity contribution < 1.29 is 3.82 Å². The van der Waals surface area contributed by atoms with E-state index >= 15 is 0 Å². The van der Waals surface area contributed by atoms with Gasteiger partial charge in [-0.3, -0.25) is 0 Å². The fourth-order valence-electron chi connectivity index (χ4n) is 4.27. The first-order valence-corrected chi connectivity index (χ1v) is 11.5. The summed E-state index contributed by atoms with van der Waals surface area (Å²) in [4.78, 5) is 0. The van der Waals surface area contributed by atoms with Crippen molar-refractivity contribution in [1.29, 1.82) is 0 Å². The number of hydrogen-bond donors (Lipinski definition) is 0. The van der Waals surface area contributed by atoms with Gasteiger partial charge in [0.25, 0.3) is 0 Å². The third-order valence-corrected chi connectivity index (χ3v) is 12.6. The molecule has 3 aliphatic rings. The van der Waals surface area contributed by atoms with Crippen LogP contribution in [-0.4, -0.2) is 18.4 Å². The van der Waals surface area contributed by atoms with Gasteiger partial charge in [0.05, 0.1) is 0 Å². The van der Waals surface area contributed by atoms with Gasteiger partial charge < -0.3 is 0 Å². The minimum absolute atomic E-state index is 0.468. The SMILES string of the molecule is CC[Se]1(Cl)C[C@]23CC[C@H](C[C@H]2O1)C3(C)C. The molecule has 0 aromatic rings. The first-order valence-electron chi connectivity index (χ1n) is 6.10. The molecular weight excluding hydrogens is 275 g/mol. The Morgan fingerprint density at radius 1 is 1.47 bits per heavy atom. The molecule has 3 fully saturated rings. The second-order valence-electron chi connectivity index (χ2n) is 6.09. The predicted molar refractivity (Wildman–Crippen MR) is 65.3 cm³/mol. The van der Waals surface area contributed by atoms with Gasteiger partial charge in [0.15, 0.2) is 0 Å². The summed E-state index contributed by atoms with van der Waals surface area (Å²) in [6.07, 6.45) is 4.60. The number of halogens is 1. The standard InChI is InChI=1S/C12H21ClOSe/c1-4-15(13)8-12-6-5-9(11(12,2)3)7-10(12)14-15/h9-10H,4-8H2,1-3H3/t9-,10-,12-/m1/s1. The van der Waals surface area contributed by atoms with Gasteiger partial charge in [-0.25, -0.2) is 0 Å². The summed E-state index contributed by atoms with van der Waals surface area (Å²) in [7, 11) is 6.71. The molecule has 0 N–H and O–H groups in total. The van der Waals surface area contributed by atoms with Gasteiger partial charge in [-0.2, -0.15) is 0 Å². The Bertz CT molecular complexity index is 306. The van der Waals surface area contributed by atoms with Crippen molar-refractivity contribution >= 4 is 22.4 Å². The molecule has 0 amide bonds. The molecule has 2 bridgehead atoms. The van der Waals surface area contributed by atoms with E-state index in [0.717, 1.165) is 11.2 Å². The van der Waals surface area contributed by atoms with Crippen LogP contribution in [0.25, 0.3) is 0 Å². The van der Waals surface area contributed by atoms with Gasteiger partial charge in [0.2, 0.25) is 0 Å². The first kappa shape index (κ1) is 10.9. The van der Waals surface area contributed by atoms with Crippen LogP contribution < -0.4 is 0 Å². The Morgan fingerprint density at radius 2 is 2.20 bits per heavy atom. The van der Waals surface area contributed by atoms with Crippen LogP contribution in [0.2, 0.25) is 10.6 Å². The molecular formula is C12H21ClOSe. The molecule has 0 radical (unpaired) electrons. The third kappa shape index (κ3) is 1.15. The monoisotopic (exact) mass is 296 g/mol. The molecule has 4 atom stereocenters. The van der Waals surface area contributed by atoms with Crippen molar-refractivity contribution in [2.75, 3.05) is 0 Å². The zero-order valence-electron chi connectivity index (χ0n) is 9.88. The zero-order valence-corrected chi connectivity index (χ0v) is 12.4. The minimum atomic E-state index is -2.03. The fourth-order valence-corrected chi connectivity index (χ4v) is 11.1. The molecule has 1 heterocycles. The molecule has 2 aliphatic carbocycles. The van der Waals surface area contributed by atoms with Gasteiger partial charge in [0, 0.05) is 0 Å². The summed E-state index contributed by atoms with van der Waals surface area (Å²) >= 11 is -2.03. The van der Waals surface area contributed by atoms with Crippen LogP contribution in [0.15, 0.2) is 0 Å². The maximum absolute atomic E-state index is 6.71. The Labute approximate surface area is 99.7 Å². The van der Waals surface area contributed by atoms with E-state index in [2.05, 4.69) is 20.8 Å². The van der Waals surface area contributed by atoms with Gasteiger partial charge in [-0.05, 0) is 0 Å². The van der Waals surface area contributed by atoms with Gasteiger partial charge in [-0.15, -0.1) is 0 Å². The Kier molecular flexibility index (Phi) is 2.15. The zero-order chi connectivity index (χ0) is 10.9. The van der Waals surface area contributed by atoms with Crippen LogP contribution in [0.5, 0.6) is 0 Å². The van der Waals surface area contributed by atoms with E-state index in [1.54, 1.807) is 0 Å². The van der Waals surface area contributed by atoms with Crippen LogP contribution in [0.4, 0.5) is 0 Å². The number of rotatable bonds is 1. The Hall–Kier alpha value is 0.769. The summed E-state index contributed by atoms with van der Waals surface area (Å²) in [5.74, 6) is 0.901. The van der Waals surface area contributed by atoms with E-state index in [-0.39, 0.29) is 0 Å². The Balaban J connectivity index is 1.99. The maximum atomic E-state index is 6.71. The van der Waals surface area contributed by atoms with Gasteiger partial charge in [-0.1, -0.05) is 0 Å². The van der Waals surface area contributed by atoms with E-state index in [0.29, 0.717) is 16.9 Å². The second kappa shape index (κ2) is 2.96. The molecule has 15 heavy (non-hydrogen) atoms. The van der Waals surface area contributed by atoms with Crippen LogP contribution in [0, 0.1) is 16.7 Å². The summed E-state index contributed by atoms with van der Waals surface area (Å²) in [6, 6.07) is 0. The van der Waals surface area contributed by atoms with E-state index < -0.39 is 12.3 Å². The van der Waals surface area contributed by atoms with Crippen molar-refractivity contribution in [3.8, 4) is 0 Å². The van der Waals surface area contributed by atoms with Crippen molar-refractivity contribution in [1.82, 2.24) is 0 Å². The van der Waals surface area contributed by atoms with E-state index in [1.165, 1.54) is 24.6 Å². The van der Waals surface area contributed by atoms with Crippen LogP contribution in [0.1, 0.15) is 40.0 Å². The van der Waals surface area contributed by atoms with E-state index in [1.807, 2.05) is 0 Å². The molecule has 0 aromatic heterocycles. The molecule has 0 aromatic carbocycles. The van der Waals surface area contributed by atoms with Crippen molar-refractivity contribution in [2.45, 2.75) is 56.8 Å². The summed E-state index contributed by atoms with van der Waals surface area (Å²) in [5, 5.41) is 2.33. The molecule has 3 rings (SSSR count). The molecule has 1 aliphatic heterocycles. The van der Waals surface area contributed by atoms with Crippen LogP contribution in [-0.2, 0) is 3.82 Å². The van der Waals surface area contributed by atoms with E-state index in [4.69, 9.17) is 13.9 Å². The normalized spacial score (nSPS) is 60.3. The van der Waals surface area contributed by atoms with E-state index in [9.17, 15) is 0 Å². The topological polar surface area (TPSA) is 9.23 Å². The van der Waals surface area contributed by atoms with Crippen LogP contribution >= 0.6 is 10.1 Å². The second-order valence-corrected chi connectivity index (χ2v) is 14.3. The summed E-state index contributed by atoms with van der Waals surface area (Å²) in [6.45, 7) is 7.14. The molecule has 2 saturated carbocycles. The molecule has 88 valence electrons. The molecule has 1 spiro atoms. The number of fused-ring (bicyclic) bond motifs is 1. The summed E-state index contributed by atoms with van der Waals surface area (Å²) < 4.78 is 6.30. The first-order chi connectivity index (χ1) is 6.94. The van der Waals surface area contributed by atoms with Crippen molar-refractivity contribution in [3.05, 3.63) is 0 Å². The van der Waals surface area contributed by atoms with Crippen molar-refractivity contribution in [2.24, 2.45) is 16.7 Å². The Morgan fingerprint density at radius 3 is 2.73 bits per heavy atom. The number of hydrogen-bond acceptors (Lipinski definition) is 1. The van der Waals surface area contributed by atoms with Crippen LogP contribution in [0.3, 0.4) is 0 Å². The molecule has 1 unspecified atom stereocenters.